The Balaban J connectivity index is 0.00000664. The number of aliphatic hydroxyl groups is 2. The van der Waals surface area contributed by atoms with Gasteiger partial charge in [-0.05, 0) is 119 Å². The van der Waals surface area contributed by atoms with Gasteiger partial charge in [0.05, 0.1) is 6.10 Å². The number of hydrogen-bond donors (Lipinski definition) is 3. The van der Waals surface area contributed by atoms with E-state index in [1.54, 1.807) is 6.92 Å². The van der Waals surface area contributed by atoms with Gasteiger partial charge in [-0.1, -0.05) is 80.9 Å². The standard InChI is InChI=1S/C44H74O5S.CH4O/c1-27(2)38(26-39(46)21-22-40-32(7)35(10)49-36(40)11)13-12-14-43(48)33(8)44(50)24-18-30(5)41-25-37(19-15-29(41)4)20-16-31(6)42(47)23-17-28(3)34(9)45;1-2/h27-31,33,37-38,41-42,44,47,50H,10-26H2,1-9H3;2H,1H3/t28-,29?,30+,31+,33+,37?,38?,41?,42?,44-;/m0./s1. The van der Waals surface area contributed by atoms with Crippen LogP contribution in [0.15, 0.2) is 4.42 Å². The lowest BCUT2D eigenvalue weighted by Crippen LogP contribution is -2.30. The molecular formula is C45H78O6S. The van der Waals surface area contributed by atoms with Crippen LogP contribution < -0.4 is 10.8 Å². The number of carbonyl (C=O) groups is 3. The van der Waals surface area contributed by atoms with Crippen LogP contribution in [0, 0.1) is 60.2 Å². The van der Waals surface area contributed by atoms with E-state index in [1.165, 1.54) is 25.7 Å². The van der Waals surface area contributed by atoms with Crippen molar-refractivity contribution in [3.8, 4) is 0 Å². The first-order chi connectivity index (χ1) is 24.4. The van der Waals surface area contributed by atoms with Crippen molar-refractivity contribution in [3.05, 3.63) is 22.0 Å². The average molecular weight is 747 g/mol. The summed E-state index contributed by atoms with van der Waals surface area (Å²) in [5.74, 6) is 4.38. The summed E-state index contributed by atoms with van der Waals surface area (Å²) in [5.41, 5.74) is 3.24. The van der Waals surface area contributed by atoms with Gasteiger partial charge in [0.25, 0.3) is 0 Å². The third-order valence-corrected chi connectivity index (χ3v) is 13.6. The predicted molar refractivity (Wildman–Crippen MR) is 221 cm³/mol. The van der Waals surface area contributed by atoms with E-state index >= 15 is 0 Å². The SMILES string of the molecule is C=c1oc(=C)c(CCC(=O)CC(CCCC(=O)[C@@H](C)[C@@H](S)CC[C@@H](C)C2CC(CC[C@@H](C)C(O)CC[C@H](C)C(C)=O)CCC2C)C(C)C)c1C.CO. The summed E-state index contributed by atoms with van der Waals surface area (Å²) in [4.78, 5) is 37.7. The van der Waals surface area contributed by atoms with E-state index in [9.17, 15) is 19.5 Å². The van der Waals surface area contributed by atoms with Crippen LogP contribution >= 0.6 is 12.6 Å². The number of aliphatic hydroxyl groups excluding tert-OH is 2. The first-order valence-corrected chi connectivity index (χ1v) is 21.1. The van der Waals surface area contributed by atoms with Crippen LogP contribution in [0.1, 0.15) is 156 Å². The van der Waals surface area contributed by atoms with Crippen LogP contribution in [0.4, 0.5) is 0 Å². The second kappa shape index (κ2) is 24.7. The number of carbonyl (C=O) groups excluding carboxylic acids is 3. The topological polar surface area (TPSA) is 105 Å². The minimum Gasteiger partial charge on any atom is -0.458 e. The van der Waals surface area contributed by atoms with Crippen molar-refractivity contribution < 1.29 is 29.0 Å². The van der Waals surface area contributed by atoms with Crippen molar-refractivity contribution in [3.63, 3.8) is 0 Å². The molecule has 2 N–H and O–H groups in total. The minimum absolute atomic E-state index is 0.0302. The Morgan fingerprint density at radius 1 is 0.904 bits per heavy atom. The summed E-state index contributed by atoms with van der Waals surface area (Å²) in [5, 5.41) is 17.8. The maximum absolute atomic E-state index is 13.2. The Morgan fingerprint density at radius 3 is 2.13 bits per heavy atom. The fraction of sp³-hybridized carbons (Fsp3) is 0.800. The van der Waals surface area contributed by atoms with Gasteiger partial charge in [0.1, 0.15) is 28.2 Å². The van der Waals surface area contributed by atoms with Crippen molar-refractivity contribution in [2.45, 2.75) is 170 Å². The number of ketones is 3. The lowest BCUT2D eigenvalue weighted by atomic mass is 9.67. The average Bonchev–Trinajstić information content (AvgIpc) is 3.36. The van der Waals surface area contributed by atoms with Gasteiger partial charge in [-0.2, -0.15) is 12.6 Å². The van der Waals surface area contributed by atoms with Gasteiger partial charge >= 0.3 is 0 Å². The molecule has 10 atom stereocenters. The molecular weight excluding hydrogens is 669 g/mol. The molecule has 6 nitrogen and oxygen atoms in total. The lowest BCUT2D eigenvalue weighted by Gasteiger charge is -2.39. The fourth-order valence-electron chi connectivity index (χ4n) is 8.30. The minimum atomic E-state index is -0.329. The van der Waals surface area contributed by atoms with Gasteiger partial charge < -0.3 is 14.6 Å². The van der Waals surface area contributed by atoms with E-state index in [0.717, 1.165) is 56.8 Å². The van der Waals surface area contributed by atoms with Crippen LogP contribution in [0.5, 0.6) is 0 Å². The molecule has 1 aromatic heterocycles. The molecule has 300 valence electrons. The van der Waals surface area contributed by atoms with Crippen molar-refractivity contribution in [1.82, 2.24) is 0 Å². The Morgan fingerprint density at radius 2 is 1.56 bits per heavy atom. The summed E-state index contributed by atoms with van der Waals surface area (Å²) in [6.45, 7) is 26.8. The van der Waals surface area contributed by atoms with E-state index in [1.807, 2.05) is 13.8 Å². The number of furan rings is 1. The molecule has 1 aliphatic carbocycles. The zero-order chi connectivity index (χ0) is 39.7. The molecule has 1 heterocycles. The molecule has 1 aliphatic rings. The lowest BCUT2D eigenvalue weighted by molar-refractivity contribution is -0.122. The van der Waals surface area contributed by atoms with Crippen LogP contribution in [-0.2, 0) is 20.8 Å². The molecule has 0 amide bonds. The Kier molecular flexibility index (Phi) is 22.9. The third kappa shape index (κ3) is 16.3. The fourth-order valence-corrected chi connectivity index (χ4v) is 8.62. The molecule has 0 aromatic carbocycles. The van der Waals surface area contributed by atoms with E-state index in [2.05, 4.69) is 54.7 Å². The van der Waals surface area contributed by atoms with Crippen LogP contribution in [0.2, 0.25) is 0 Å². The van der Waals surface area contributed by atoms with Crippen LogP contribution in [0.3, 0.4) is 0 Å². The molecule has 0 radical (unpaired) electrons. The predicted octanol–water partition coefficient (Wildman–Crippen LogP) is 9.11. The molecule has 2 rings (SSSR count). The number of hydrogen-bond acceptors (Lipinski definition) is 7. The normalized spacial score (nSPS) is 21.7. The van der Waals surface area contributed by atoms with E-state index < -0.39 is 0 Å². The highest BCUT2D eigenvalue weighted by molar-refractivity contribution is 7.81. The molecule has 7 heteroatoms. The van der Waals surface area contributed by atoms with E-state index in [0.29, 0.717) is 78.3 Å². The van der Waals surface area contributed by atoms with Crippen LogP contribution in [0.25, 0.3) is 13.2 Å². The second-order valence-electron chi connectivity index (χ2n) is 17.1. The molecule has 5 unspecified atom stereocenters. The molecule has 0 bridgehead atoms. The summed E-state index contributed by atoms with van der Waals surface area (Å²) in [6.07, 6.45) is 13.2. The van der Waals surface area contributed by atoms with Gasteiger partial charge in [0, 0.05) is 49.0 Å². The molecule has 1 aromatic rings. The van der Waals surface area contributed by atoms with Gasteiger partial charge in [-0.25, -0.2) is 0 Å². The van der Waals surface area contributed by atoms with E-state index in [4.69, 9.17) is 22.2 Å². The quantitative estimate of drug-likeness (QED) is 0.0913. The van der Waals surface area contributed by atoms with Crippen molar-refractivity contribution in [1.29, 1.82) is 0 Å². The number of Topliss-reactive ketones (excluding diaryl/α,β-unsaturated/α-hetero) is 3. The molecule has 1 saturated carbocycles. The monoisotopic (exact) mass is 747 g/mol. The maximum Gasteiger partial charge on any atom is 0.136 e. The van der Waals surface area contributed by atoms with Crippen molar-refractivity contribution >= 4 is 43.1 Å². The Bertz CT molecular complexity index is 1300. The first-order valence-electron chi connectivity index (χ1n) is 20.5. The maximum atomic E-state index is 13.2. The van der Waals surface area contributed by atoms with Gasteiger partial charge in [-0.15, -0.1) is 0 Å². The van der Waals surface area contributed by atoms with Crippen molar-refractivity contribution in [2.75, 3.05) is 7.11 Å². The zero-order valence-electron chi connectivity index (χ0n) is 34.8. The van der Waals surface area contributed by atoms with Gasteiger partial charge in [0.15, 0.2) is 0 Å². The third-order valence-electron chi connectivity index (χ3n) is 12.9. The highest BCUT2D eigenvalue weighted by atomic mass is 32.1. The summed E-state index contributed by atoms with van der Waals surface area (Å²) in [7, 11) is 1.00. The summed E-state index contributed by atoms with van der Waals surface area (Å²) >= 11 is 4.95. The summed E-state index contributed by atoms with van der Waals surface area (Å²) < 4.78 is 5.52. The Hall–Kier alpha value is -1.70. The highest BCUT2D eigenvalue weighted by Crippen LogP contribution is 2.42. The zero-order valence-corrected chi connectivity index (χ0v) is 35.7. The second-order valence-corrected chi connectivity index (χ2v) is 17.8. The molecule has 52 heavy (non-hydrogen) atoms. The first kappa shape index (κ1) is 48.3. The largest absolute Gasteiger partial charge is 0.458 e. The van der Waals surface area contributed by atoms with Gasteiger partial charge in [0.2, 0.25) is 0 Å². The van der Waals surface area contributed by atoms with Crippen LogP contribution in [-0.4, -0.2) is 46.0 Å². The van der Waals surface area contributed by atoms with Crippen molar-refractivity contribution in [2.24, 2.45) is 53.3 Å². The highest BCUT2D eigenvalue weighted by Gasteiger charge is 2.32. The Labute approximate surface area is 323 Å². The molecule has 0 aliphatic heterocycles. The number of rotatable bonds is 24. The molecule has 1 fully saturated rings. The smallest absolute Gasteiger partial charge is 0.136 e. The van der Waals surface area contributed by atoms with E-state index in [-0.39, 0.29) is 46.6 Å². The molecule has 0 saturated heterocycles. The summed E-state index contributed by atoms with van der Waals surface area (Å²) in [6, 6.07) is 0. The number of thiol groups is 1. The molecule has 0 spiro atoms. The van der Waals surface area contributed by atoms with Gasteiger partial charge in [-0.3, -0.25) is 14.4 Å².